The second-order valence-corrected chi connectivity index (χ2v) is 6.01. The lowest BCUT2D eigenvalue weighted by molar-refractivity contribution is 0.214. The van der Waals surface area contributed by atoms with Gasteiger partial charge >= 0.3 is 0 Å². The average molecular weight is 340 g/mol. The van der Waals surface area contributed by atoms with Gasteiger partial charge in [-0.25, -0.2) is 4.68 Å². The Labute approximate surface area is 147 Å². The number of rotatable bonds is 7. The van der Waals surface area contributed by atoms with Gasteiger partial charge in [-0.1, -0.05) is 17.7 Å². The third-order valence-corrected chi connectivity index (χ3v) is 4.17. The molecule has 1 aromatic carbocycles. The summed E-state index contributed by atoms with van der Waals surface area (Å²) in [5.41, 5.74) is 3.35. The van der Waals surface area contributed by atoms with Crippen LogP contribution in [-0.4, -0.2) is 32.3 Å². The van der Waals surface area contributed by atoms with Gasteiger partial charge in [-0.2, -0.15) is 15.6 Å². The van der Waals surface area contributed by atoms with Crippen LogP contribution in [0.4, 0.5) is 0 Å². The van der Waals surface area contributed by atoms with E-state index in [1.807, 2.05) is 28.5 Å². The smallest absolute Gasteiger partial charge is 0.203 e. The first-order chi connectivity index (χ1) is 11.6. The van der Waals surface area contributed by atoms with Crippen molar-refractivity contribution in [3.8, 4) is 17.8 Å². The molecule has 2 rings (SSSR count). The van der Waals surface area contributed by atoms with Gasteiger partial charge in [-0.05, 0) is 37.7 Å². The summed E-state index contributed by atoms with van der Waals surface area (Å²) in [6.45, 7) is 5.77. The molecule has 1 heterocycles. The Morgan fingerprint density at radius 1 is 1.17 bits per heavy atom. The van der Waals surface area contributed by atoms with E-state index < -0.39 is 0 Å². The highest BCUT2D eigenvalue weighted by Crippen LogP contribution is 2.16. The topological polar surface area (TPSA) is 73.6 Å². The first-order valence-corrected chi connectivity index (χ1v) is 8.16. The van der Waals surface area contributed by atoms with E-state index in [-0.39, 0.29) is 0 Å². The monoisotopic (exact) mass is 340 g/mol. The predicted octanol–water partition coefficient (Wildman–Crippen LogP) is 3.11. The Hall–Kier alpha value is -2.48. The molecule has 0 fully saturated rings. The number of aromatic nitrogens is 3. The number of nitrogens with zero attached hydrogens (tertiary/aromatic N) is 6. The van der Waals surface area contributed by atoms with Gasteiger partial charge in [-0.3, -0.25) is 9.47 Å². The van der Waals surface area contributed by atoms with Crippen molar-refractivity contribution in [2.75, 3.05) is 13.1 Å². The summed E-state index contributed by atoms with van der Waals surface area (Å²) < 4.78 is 4.21. The molecule has 2 aromatic rings. The third-order valence-electron chi connectivity index (χ3n) is 3.76. The number of hydrogen-bond donors (Lipinski definition) is 0. The lowest BCUT2D eigenvalue weighted by Gasteiger charge is -2.19. The summed E-state index contributed by atoms with van der Waals surface area (Å²) in [5, 5.41) is 21.9. The Kier molecular flexibility index (Phi) is 6.25. The maximum atomic E-state index is 8.78. The van der Waals surface area contributed by atoms with Crippen LogP contribution in [0.3, 0.4) is 0 Å². The van der Waals surface area contributed by atoms with E-state index in [1.165, 1.54) is 5.56 Å². The number of nitriles is 2. The van der Waals surface area contributed by atoms with Crippen molar-refractivity contribution in [1.82, 2.24) is 19.2 Å². The molecular weight excluding hydrogens is 320 g/mol. The minimum absolute atomic E-state index is 0.413. The molecule has 0 atom stereocenters. The number of aryl methyl sites for hydroxylation is 2. The van der Waals surface area contributed by atoms with Gasteiger partial charge < -0.3 is 0 Å². The minimum Gasteiger partial charge on any atom is -0.282 e. The zero-order valence-electron chi connectivity index (χ0n) is 13.9. The van der Waals surface area contributed by atoms with Gasteiger partial charge in [0.05, 0.1) is 24.5 Å². The third kappa shape index (κ3) is 4.29. The van der Waals surface area contributed by atoms with E-state index in [4.69, 9.17) is 22.7 Å². The highest BCUT2D eigenvalue weighted by Gasteiger charge is 2.10. The average Bonchev–Trinajstić information content (AvgIpc) is 2.91. The van der Waals surface area contributed by atoms with Crippen LogP contribution in [0, 0.1) is 41.3 Å². The Morgan fingerprint density at radius 2 is 1.83 bits per heavy atom. The lowest BCUT2D eigenvalue weighted by Crippen LogP contribution is -2.29. The fourth-order valence-corrected chi connectivity index (χ4v) is 2.78. The van der Waals surface area contributed by atoms with Crippen LogP contribution in [0.25, 0.3) is 5.69 Å². The van der Waals surface area contributed by atoms with Crippen LogP contribution < -0.4 is 0 Å². The quantitative estimate of drug-likeness (QED) is 0.724. The fourth-order valence-electron chi connectivity index (χ4n) is 2.53. The summed E-state index contributed by atoms with van der Waals surface area (Å²) in [7, 11) is 0. The normalized spacial score (nSPS) is 10.5. The van der Waals surface area contributed by atoms with E-state index in [1.54, 1.807) is 11.0 Å². The molecule has 0 bridgehead atoms. The molecule has 0 saturated heterocycles. The van der Waals surface area contributed by atoms with Crippen molar-refractivity contribution in [1.29, 1.82) is 10.5 Å². The molecule has 1 aromatic heterocycles. The molecule has 24 heavy (non-hydrogen) atoms. The molecule has 0 aliphatic heterocycles. The van der Waals surface area contributed by atoms with Crippen LogP contribution in [0.1, 0.15) is 24.0 Å². The zero-order valence-corrected chi connectivity index (χ0v) is 14.8. The molecule has 0 N–H and O–H groups in total. The molecule has 0 saturated carbocycles. The van der Waals surface area contributed by atoms with Crippen molar-refractivity contribution >= 4 is 12.2 Å². The highest BCUT2D eigenvalue weighted by molar-refractivity contribution is 7.71. The summed E-state index contributed by atoms with van der Waals surface area (Å²) in [6, 6.07) is 10.5. The van der Waals surface area contributed by atoms with Gasteiger partial charge in [0.25, 0.3) is 0 Å². The van der Waals surface area contributed by atoms with Gasteiger partial charge in [-0.15, -0.1) is 0 Å². The first kappa shape index (κ1) is 17.9. The van der Waals surface area contributed by atoms with E-state index in [0.29, 0.717) is 37.4 Å². The van der Waals surface area contributed by atoms with Crippen molar-refractivity contribution in [2.45, 2.75) is 33.4 Å². The largest absolute Gasteiger partial charge is 0.282 e. The molecule has 0 radical (unpaired) electrons. The standard InChI is InChI=1S/C17H20N6S/c1-14-5-6-16(15(2)11-14)22-12-20-23(17(22)24)13-21(9-3-7-18)10-4-8-19/h5-6,11-12H,3-4,9-10,13H2,1-2H3. The summed E-state index contributed by atoms with van der Waals surface area (Å²) in [4.78, 5) is 2.02. The summed E-state index contributed by atoms with van der Waals surface area (Å²) in [5.74, 6) is 0. The number of hydrogen-bond acceptors (Lipinski definition) is 5. The Morgan fingerprint density at radius 3 is 2.42 bits per heavy atom. The Balaban J connectivity index is 2.23. The molecule has 0 aliphatic carbocycles. The summed E-state index contributed by atoms with van der Waals surface area (Å²) in [6.07, 6.45) is 2.54. The zero-order chi connectivity index (χ0) is 17.5. The summed E-state index contributed by atoms with van der Waals surface area (Å²) >= 11 is 5.55. The fraction of sp³-hybridized carbons (Fsp3) is 0.412. The van der Waals surface area contributed by atoms with Gasteiger partial charge in [0, 0.05) is 25.9 Å². The lowest BCUT2D eigenvalue weighted by atomic mass is 10.1. The van der Waals surface area contributed by atoms with Gasteiger partial charge in [0.1, 0.15) is 6.33 Å². The van der Waals surface area contributed by atoms with Crippen LogP contribution in [0.5, 0.6) is 0 Å². The molecule has 124 valence electrons. The van der Waals surface area contributed by atoms with E-state index in [0.717, 1.165) is 11.3 Å². The van der Waals surface area contributed by atoms with Crippen molar-refractivity contribution < 1.29 is 0 Å². The molecule has 0 amide bonds. The molecule has 0 spiro atoms. The predicted molar refractivity (Wildman–Crippen MR) is 93.9 cm³/mol. The second-order valence-electron chi connectivity index (χ2n) is 5.65. The molecule has 0 unspecified atom stereocenters. The Bertz CT molecular complexity index is 818. The van der Waals surface area contributed by atoms with Crippen LogP contribution in [0.2, 0.25) is 0 Å². The minimum atomic E-state index is 0.413. The number of benzene rings is 1. The van der Waals surface area contributed by atoms with E-state index in [2.05, 4.69) is 30.2 Å². The van der Waals surface area contributed by atoms with Crippen molar-refractivity contribution in [2.24, 2.45) is 0 Å². The van der Waals surface area contributed by atoms with Crippen LogP contribution in [0.15, 0.2) is 24.5 Å². The van der Waals surface area contributed by atoms with Crippen LogP contribution >= 0.6 is 12.2 Å². The van der Waals surface area contributed by atoms with Crippen molar-refractivity contribution in [3.63, 3.8) is 0 Å². The first-order valence-electron chi connectivity index (χ1n) is 7.75. The molecular formula is C17H20N6S. The molecule has 0 aliphatic rings. The second kappa shape index (κ2) is 8.39. The van der Waals surface area contributed by atoms with E-state index in [9.17, 15) is 0 Å². The highest BCUT2D eigenvalue weighted by atomic mass is 32.1. The van der Waals surface area contributed by atoms with Crippen molar-refractivity contribution in [3.05, 3.63) is 40.4 Å². The maximum Gasteiger partial charge on any atom is 0.203 e. The molecule has 6 nitrogen and oxygen atoms in total. The molecule has 7 heteroatoms. The maximum absolute atomic E-state index is 8.78. The van der Waals surface area contributed by atoms with E-state index >= 15 is 0 Å². The SMILES string of the molecule is Cc1ccc(-n2cnn(CN(CCC#N)CCC#N)c2=S)c(C)c1. The van der Waals surface area contributed by atoms with Crippen LogP contribution in [-0.2, 0) is 6.67 Å². The van der Waals surface area contributed by atoms with Gasteiger partial charge in [0.2, 0.25) is 4.77 Å². The van der Waals surface area contributed by atoms with Gasteiger partial charge in [0.15, 0.2) is 0 Å².